The summed E-state index contributed by atoms with van der Waals surface area (Å²) in [5.41, 5.74) is 0.757. The van der Waals surface area contributed by atoms with Crippen molar-refractivity contribution in [2.45, 2.75) is 12.8 Å². The molecule has 0 aliphatic heterocycles. The minimum atomic E-state index is -2.43. The molecule has 0 atom stereocenters. The van der Waals surface area contributed by atoms with Crippen LogP contribution in [0.1, 0.15) is 24.0 Å². The molecule has 76 valence electrons. The van der Waals surface area contributed by atoms with Crippen LogP contribution < -0.4 is 0 Å². The summed E-state index contributed by atoms with van der Waals surface area (Å²) in [7, 11) is 0. The Kier molecular flexibility index (Phi) is 4.26. The molecule has 0 heterocycles. The van der Waals surface area contributed by atoms with Crippen molar-refractivity contribution in [2.75, 3.05) is 6.61 Å². The topological polar surface area (TPSA) is 20.2 Å². The molecular formula is C11H12F2O. The highest BCUT2D eigenvalue weighted by Crippen LogP contribution is 2.19. The third kappa shape index (κ3) is 3.26. The zero-order valence-electron chi connectivity index (χ0n) is 7.66. The Bertz CT molecular complexity index is 308. The van der Waals surface area contributed by atoms with Gasteiger partial charge < -0.3 is 5.11 Å². The highest BCUT2D eigenvalue weighted by molar-refractivity contribution is 5.50. The molecule has 0 radical (unpaired) electrons. The van der Waals surface area contributed by atoms with E-state index in [1.54, 1.807) is 24.3 Å². The minimum absolute atomic E-state index is 0.0242. The van der Waals surface area contributed by atoms with Crippen LogP contribution in [0, 0.1) is 0 Å². The highest BCUT2D eigenvalue weighted by Gasteiger charge is 2.05. The van der Waals surface area contributed by atoms with E-state index in [2.05, 4.69) is 0 Å². The van der Waals surface area contributed by atoms with Crippen molar-refractivity contribution in [1.82, 2.24) is 0 Å². The van der Waals surface area contributed by atoms with Gasteiger partial charge in [0.2, 0.25) is 0 Å². The van der Waals surface area contributed by atoms with Crippen LogP contribution in [0.3, 0.4) is 0 Å². The molecule has 14 heavy (non-hydrogen) atoms. The molecule has 3 heteroatoms. The fourth-order valence-electron chi connectivity index (χ4n) is 1.09. The van der Waals surface area contributed by atoms with Crippen molar-refractivity contribution in [3.8, 4) is 0 Å². The van der Waals surface area contributed by atoms with Gasteiger partial charge in [-0.3, -0.25) is 0 Å². The van der Waals surface area contributed by atoms with Gasteiger partial charge >= 0.3 is 0 Å². The Hall–Kier alpha value is -1.22. The second-order valence-corrected chi connectivity index (χ2v) is 2.89. The first-order valence-corrected chi connectivity index (χ1v) is 4.39. The lowest BCUT2D eigenvalue weighted by atomic mass is 10.1. The van der Waals surface area contributed by atoms with Gasteiger partial charge in [0.15, 0.2) is 0 Å². The number of rotatable bonds is 4. The maximum Gasteiger partial charge on any atom is 0.263 e. The molecule has 0 aliphatic carbocycles. The Morgan fingerprint density at radius 3 is 2.79 bits per heavy atom. The normalized spacial score (nSPS) is 11.4. The Morgan fingerprint density at radius 1 is 1.36 bits per heavy atom. The fourth-order valence-corrected chi connectivity index (χ4v) is 1.09. The molecule has 0 unspecified atom stereocenters. The number of aliphatic hydroxyl groups excluding tert-OH is 1. The zero-order chi connectivity index (χ0) is 10.4. The van der Waals surface area contributed by atoms with Crippen LogP contribution in [-0.2, 0) is 0 Å². The first-order chi connectivity index (χ1) is 6.74. The van der Waals surface area contributed by atoms with E-state index in [1.165, 1.54) is 12.1 Å². The Balaban J connectivity index is 2.73. The molecule has 1 rings (SSSR count). The lowest BCUT2D eigenvalue weighted by Crippen LogP contribution is -1.84. The molecule has 0 amide bonds. The van der Waals surface area contributed by atoms with Gasteiger partial charge in [0, 0.05) is 12.2 Å². The SMILES string of the molecule is OCCC=Cc1cccc(C(F)F)c1. The lowest BCUT2D eigenvalue weighted by molar-refractivity contribution is 0.151. The van der Waals surface area contributed by atoms with Gasteiger partial charge in [-0.25, -0.2) is 8.78 Å². The molecule has 0 aromatic heterocycles. The number of alkyl halides is 2. The summed E-state index contributed by atoms with van der Waals surface area (Å²) in [6.45, 7) is 0.0744. The quantitative estimate of drug-likeness (QED) is 0.788. The van der Waals surface area contributed by atoms with Crippen molar-refractivity contribution >= 4 is 6.08 Å². The smallest absolute Gasteiger partial charge is 0.263 e. The van der Waals surface area contributed by atoms with E-state index in [-0.39, 0.29) is 12.2 Å². The summed E-state index contributed by atoms with van der Waals surface area (Å²) in [6, 6.07) is 6.19. The zero-order valence-corrected chi connectivity index (χ0v) is 7.66. The summed E-state index contributed by atoms with van der Waals surface area (Å²) < 4.78 is 24.5. The third-order valence-electron chi connectivity index (χ3n) is 1.77. The molecule has 0 spiro atoms. The minimum Gasteiger partial charge on any atom is -0.396 e. The Labute approximate surface area is 81.7 Å². The van der Waals surface area contributed by atoms with Crippen LogP contribution in [0.25, 0.3) is 6.08 Å². The van der Waals surface area contributed by atoms with Gasteiger partial charge in [-0.2, -0.15) is 0 Å². The first kappa shape index (κ1) is 10.9. The average Bonchev–Trinajstić information content (AvgIpc) is 2.19. The van der Waals surface area contributed by atoms with Crippen LogP contribution in [0.15, 0.2) is 30.3 Å². The summed E-state index contributed by atoms with van der Waals surface area (Å²) in [5.74, 6) is 0. The van der Waals surface area contributed by atoms with E-state index in [0.717, 1.165) is 5.56 Å². The van der Waals surface area contributed by atoms with Crippen molar-refractivity contribution in [2.24, 2.45) is 0 Å². The maximum atomic E-state index is 12.3. The molecular weight excluding hydrogens is 186 g/mol. The van der Waals surface area contributed by atoms with Crippen LogP contribution >= 0.6 is 0 Å². The second kappa shape index (κ2) is 5.50. The highest BCUT2D eigenvalue weighted by atomic mass is 19.3. The van der Waals surface area contributed by atoms with Gasteiger partial charge in [0.25, 0.3) is 6.43 Å². The third-order valence-corrected chi connectivity index (χ3v) is 1.77. The molecule has 1 nitrogen and oxygen atoms in total. The predicted octanol–water partition coefficient (Wildman–Crippen LogP) is 3.02. The summed E-state index contributed by atoms with van der Waals surface area (Å²) in [5, 5.41) is 8.52. The summed E-state index contributed by atoms with van der Waals surface area (Å²) in [6.07, 6.45) is 1.59. The fraction of sp³-hybridized carbons (Fsp3) is 0.273. The van der Waals surface area contributed by atoms with Crippen LogP contribution in [-0.4, -0.2) is 11.7 Å². The maximum absolute atomic E-state index is 12.3. The summed E-state index contributed by atoms with van der Waals surface area (Å²) >= 11 is 0. The molecule has 1 aromatic rings. The second-order valence-electron chi connectivity index (χ2n) is 2.89. The lowest BCUT2D eigenvalue weighted by Gasteiger charge is -2.00. The molecule has 0 aliphatic rings. The van der Waals surface area contributed by atoms with E-state index in [1.807, 2.05) is 0 Å². The monoisotopic (exact) mass is 198 g/mol. The molecule has 1 aromatic carbocycles. The van der Waals surface area contributed by atoms with E-state index in [9.17, 15) is 8.78 Å². The van der Waals surface area contributed by atoms with Crippen molar-refractivity contribution in [3.63, 3.8) is 0 Å². The average molecular weight is 198 g/mol. The number of aliphatic hydroxyl groups is 1. The molecule has 0 fully saturated rings. The molecule has 0 saturated carbocycles. The van der Waals surface area contributed by atoms with Crippen molar-refractivity contribution in [1.29, 1.82) is 0 Å². The molecule has 0 bridgehead atoms. The first-order valence-electron chi connectivity index (χ1n) is 4.39. The van der Waals surface area contributed by atoms with E-state index in [0.29, 0.717) is 6.42 Å². The van der Waals surface area contributed by atoms with Crippen LogP contribution in [0.4, 0.5) is 8.78 Å². The van der Waals surface area contributed by atoms with Crippen molar-refractivity contribution in [3.05, 3.63) is 41.5 Å². The Morgan fingerprint density at radius 2 is 2.14 bits per heavy atom. The van der Waals surface area contributed by atoms with Gasteiger partial charge in [-0.05, 0) is 18.1 Å². The van der Waals surface area contributed by atoms with Gasteiger partial charge in [-0.1, -0.05) is 30.4 Å². The van der Waals surface area contributed by atoms with E-state index >= 15 is 0 Å². The van der Waals surface area contributed by atoms with E-state index < -0.39 is 6.43 Å². The largest absolute Gasteiger partial charge is 0.396 e. The number of hydrogen-bond acceptors (Lipinski definition) is 1. The number of benzene rings is 1. The van der Waals surface area contributed by atoms with E-state index in [4.69, 9.17) is 5.11 Å². The van der Waals surface area contributed by atoms with Gasteiger partial charge in [0.1, 0.15) is 0 Å². The standard InChI is InChI=1S/C11H12F2O/c12-11(13)10-6-3-5-9(8-10)4-1-2-7-14/h1,3-6,8,11,14H,2,7H2. The predicted molar refractivity (Wildman–Crippen MR) is 52.1 cm³/mol. The van der Waals surface area contributed by atoms with Crippen LogP contribution in [0.2, 0.25) is 0 Å². The van der Waals surface area contributed by atoms with Gasteiger partial charge in [0.05, 0.1) is 0 Å². The molecule has 1 N–H and O–H groups in total. The molecule has 0 saturated heterocycles. The number of halogens is 2. The number of hydrogen-bond donors (Lipinski definition) is 1. The van der Waals surface area contributed by atoms with Crippen molar-refractivity contribution < 1.29 is 13.9 Å². The van der Waals surface area contributed by atoms with Crippen LogP contribution in [0.5, 0.6) is 0 Å². The summed E-state index contributed by atoms with van der Waals surface area (Å²) in [4.78, 5) is 0. The van der Waals surface area contributed by atoms with Gasteiger partial charge in [-0.15, -0.1) is 0 Å².